The molecule has 0 bridgehead atoms. The van der Waals surface area contributed by atoms with Gasteiger partial charge in [0.25, 0.3) is 0 Å². The van der Waals surface area contributed by atoms with Crippen LogP contribution in [0.25, 0.3) is 0 Å². The van der Waals surface area contributed by atoms with Gasteiger partial charge in [0.05, 0.1) is 0 Å². The Morgan fingerprint density at radius 3 is 3.00 bits per heavy atom. The monoisotopic (exact) mass is 118 g/mol. The van der Waals surface area contributed by atoms with Crippen molar-refractivity contribution < 1.29 is 14.0 Å². The van der Waals surface area contributed by atoms with Crippen molar-refractivity contribution in [1.82, 2.24) is 4.90 Å². The van der Waals surface area contributed by atoms with E-state index in [0.29, 0.717) is 13.0 Å². The minimum atomic E-state index is -2.25. The maximum absolute atomic E-state index is 10.3. The van der Waals surface area contributed by atoms with E-state index in [4.69, 9.17) is 9.22 Å². The van der Waals surface area contributed by atoms with Crippen LogP contribution >= 0.6 is 0 Å². The van der Waals surface area contributed by atoms with Gasteiger partial charge < -0.3 is 5.11 Å². The van der Waals surface area contributed by atoms with Crippen LogP contribution in [0.5, 0.6) is 0 Å². The molecule has 0 saturated carbocycles. The second kappa shape index (κ2) is 1.74. The standard InChI is InChI=1S/C5H9NO2/c1-6-3-2-4(6)5(7)8/h4H,2-3H2,1H3,(H,7,8)/i1D3. The number of carboxylic acid groups (broad SMARTS) is 1. The van der Waals surface area contributed by atoms with Crippen LogP contribution in [-0.4, -0.2) is 35.5 Å². The first-order valence-corrected chi connectivity index (χ1v) is 2.42. The molecule has 1 fully saturated rings. The van der Waals surface area contributed by atoms with Gasteiger partial charge in [0.15, 0.2) is 0 Å². The van der Waals surface area contributed by atoms with Gasteiger partial charge in [0, 0.05) is 10.7 Å². The molecule has 1 saturated heterocycles. The molecule has 1 unspecified atom stereocenters. The SMILES string of the molecule is [2H]C([2H])([2H])N1CCC1C(=O)O. The predicted molar refractivity (Wildman–Crippen MR) is 28.7 cm³/mol. The van der Waals surface area contributed by atoms with Gasteiger partial charge in [-0.25, -0.2) is 0 Å². The zero-order valence-electron chi connectivity index (χ0n) is 7.29. The van der Waals surface area contributed by atoms with E-state index in [2.05, 4.69) is 0 Å². The maximum Gasteiger partial charge on any atom is 0.320 e. The molecular weight excluding hydrogens is 106 g/mol. The van der Waals surface area contributed by atoms with Gasteiger partial charge in [0.2, 0.25) is 0 Å². The molecule has 0 aromatic carbocycles. The van der Waals surface area contributed by atoms with E-state index in [-0.39, 0.29) is 0 Å². The molecule has 0 aromatic heterocycles. The Bertz CT molecular complexity index is 179. The number of rotatable bonds is 1. The average Bonchev–Trinajstić information content (AvgIpc) is 1.51. The van der Waals surface area contributed by atoms with E-state index in [1.54, 1.807) is 0 Å². The lowest BCUT2D eigenvalue weighted by Crippen LogP contribution is -2.49. The molecule has 1 N–H and O–H groups in total. The van der Waals surface area contributed by atoms with Crippen LogP contribution < -0.4 is 0 Å². The molecule has 0 spiro atoms. The number of hydrogen-bond acceptors (Lipinski definition) is 2. The van der Waals surface area contributed by atoms with Gasteiger partial charge in [0.1, 0.15) is 6.04 Å². The lowest BCUT2D eigenvalue weighted by atomic mass is 10.1. The van der Waals surface area contributed by atoms with Gasteiger partial charge in [-0.05, 0) is 13.4 Å². The van der Waals surface area contributed by atoms with Crippen molar-refractivity contribution in [2.75, 3.05) is 13.5 Å². The summed E-state index contributed by atoms with van der Waals surface area (Å²) in [5, 5.41) is 8.48. The number of likely N-dealkylation sites (N-methyl/N-ethyl adjacent to an activating group) is 1. The highest BCUT2D eigenvalue weighted by Gasteiger charge is 2.30. The molecule has 8 heavy (non-hydrogen) atoms. The summed E-state index contributed by atoms with van der Waals surface area (Å²) in [6.45, 7) is -1.89. The Morgan fingerprint density at radius 1 is 2.12 bits per heavy atom. The second-order valence-corrected chi connectivity index (χ2v) is 1.84. The summed E-state index contributed by atoms with van der Waals surface area (Å²) in [5.41, 5.74) is 0. The van der Waals surface area contributed by atoms with Crippen molar-refractivity contribution >= 4 is 5.97 Å². The molecule has 1 heterocycles. The minimum Gasteiger partial charge on any atom is -0.480 e. The molecule has 46 valence electrons. The third-order valence-corrected chi connectivity index (χ3v) is 1.30. The number of aliphatic carboxylic acids is 1. The fraction of sp³-hybridized carbons (Fsp3) is 0.800. The number of carbonyl (C=O) groups is 1. The summed E-state index contributed by atoms with van der Waals surface area (Å²) in [7, 11) is 0. The number of hydrogen-bond donors (Lipinski definition) is 1. The van der Waals surface area contributed by atoms with Crippen LogP contribution in [0.15, 0.2) is 0 Å². The molecule has 1 aliphatic heterocycles. The van der Waals surface area contributed by atoms with E-state index in [9.17, 15) is 4.79 Å². The van der Waals surface area contributed by atoms with Gasteiger partial charge in [-0.15, -0.1) is 0 Å². The Kier molecular flexibility index (Phi) is 0.615. The van der Waals surface area contributed by atoms with Gasteiger partial charge >= 0.3 is 5.97 Å². The predicted octanol–water partition coefficient (Wildman–Crippen LogP) is -0.225. The Labute approximate surface area is 52.1 Å². The molecule has 3 heteroatoms. The van der Waals surface area contributed by atoms with Crippen molar-refractivity contribution in [3.8, 4) is 0 Å². The molecule has 0 amide bonds. The number of nitrogens with zero attached hydrogens (tertiary/aromatic N) is 1. The lowest BCUT2D eigenvalue weighted by Gasteiger charge is -2.33. The van der Waals surface area contributed by atoms with Crippen molar-refractivity contribution in [3.63, 3.8) is 0 Å². The quantitative estimate of drug-likeness (QED) is 0.517. The molecule has 1 aliphatic rings. The maximum atomic E-state index is 10.3. The van der Waals surface area contributed by atoms with Crippen molar-refractivity contribution in [2.45, 2.75) is 12.5 Å². The number of carboxylic acids is 1. The summed E-state index contributed by atoms with van der Waals surface area (Å²) in [6.07, 6.45) is 0.438. The van der Waals surface area contributed by atoms with Crippen LogP contribution in [-0.2, 0) is 4.79 Å². The zero-order chi connectivity index (χ0) is 8.65. The zero-order valence-corrected chi connectivity index (χ0v) is 4.29. The molecule has 0 aliphatic carbocycles. The fourth-order valence-electron chi connectivity index (χ4n) is 0.644. The Morgan fingerprint density at radius 2 is 2.88 bits per heavy atom. The minimum absolute atomic E-state index is 0.355. The molecule has 0 radical (unpaired) electrons. The average molecular weight is 118 g/mol. The summed E-state index contributed by atoms with van der Waals surface area (Å²) in [4.78, 5) is 11.4. The fourth-order valence-corrected chi connectivity index (χ4v) is 0.644. The van der Waals surface area contributed by atoms with Crippen LogP contribution in [0.3, 0.4) is 0 Å². The third kappa shape index (κ3) is 0.690. The van der Waals surface area contributed by atoms with Gasteiger partial charge in [-0.3, -0.25) is 9.69 Å². The molecule has 1 atom stereocenters. The van der Waals surface area contributed by atoms with Crippen LogP contribution in [0.1, 0.15) is 10.5 Å². The molecule has 0 aromatic rings. The summed E-state index contributed by atoms with van der Waals surface area (Å²) >= 11 is 0. The summed E-state index contributed by atoms with van der Waals surface area (Å²) in [5.74, 6) is -1.05. The largest absolute Gasteiger partial charge is 0.480 e. The highest BCUT2D eigenvalue weighted by Crippen LogP contribution is 2.13. The van der Waals surface area contributed by atoms with E-state index in [1.807, 2.05) is 0 Å². The van der Waals surface area contributed by atoms with Crippen LogP contribution in [0, 0.1) is 0 Å². The molecule has 3 nitrogen and oxygen atoms in total. The van der Waals surface area contributed by atoms with E-state index < -0.39 is 19.0 Å². The normalized spacial score (nSPS) is 36.5. The molecule has 1 rings (SSSR count). The van der Waals surface area contributed by atoms with Crippen molar-refractivity contribution in [3.05, 3.63) is 0 Å². The molecular formula is C5H9NO2. The smallest absolute Gasteiger partial charge is 0.320 e. The topological polar surface area (TPSA) is 40.5 Å². The first-order valence-electron chi connectivity index (χ1n) is 3.92. The third-order valence-electron chi connectivity index (χ3n) is 1.30. The highest BCUT2D eigenvalue weighted by atomic mass is 16.4. The van der Waals surface area contributed by atoms with Crippen molar-refractivity contribution in [2.24, 2.45) is 0 Å². The van der Waals surface area contributed by atoms with Crippen molar-refractivity contribution in [1.29, 1.82) is 0 Å². The van der Waals surface area contributed by atoms with Gasteiger partial charge in [-0.1, -0.05) is 0 Å². The van der Waals surface area contributed by atoms with Crippen LogP contribution in [0.2, 0.25) is 0 Å². The second-order valence-electron chi connectivity index (χ2n) is 1.84. The van der Waals surface area contributed by atoms with Crippen LogP contribution in [0.4, 0.5) is 0 Å². The van der Waals surface area contributed by atoms with Gasteiger partial charge in [-0.2, -0.15) is 0 Å². The van der Waals surface area contributed by atoms with E-state index in [0.717, 1.165) is 4.90 Å². The van der Waals surface area contributed by atoms with E-state index >= 15 is 0 Å². The number of likely N-dealkylation sites (tertiary alicyclic amines) is 1. The highest BCUT2D eigenvalue weighted by molar-refractivity contribution is 5.74. The lowest BCUT2D eigenvalue weighted by molar-refractivity contribution is -0.146. The summed E-state index contributed by atoms with van der Waals surface area (Å²) in [6, 6.07) is -0.803. The summed E-state index contributed by atoms with van der Waals surface area (Å²) < 4.78 is 20.7. The first kappa shape index (κ1) is 2.82. The van der Waals surface area contributed by atoms with E-state index in [1.165, 1.54) is 0 Å². The Balaban J connectivity index is 2.57. The Hall–Kier alpha value is -0.570. The first-order chi connectivity index (χ1) is 4.93.